The predicted octanol–water partition coefficient (Wildman–Crippen LogP) is 0.359. The number of piperidine rings is 2. The van der Waals surface area contributed by atoms with Crippen LogP contribution in [0.1, 0.15) is 32.1 Å². The molecule has 2 fully saturated rings. The lowest BCUT2D eigenvalue weighted by Gasteiger charge is -2.35. The van der Waals surface area contributed by atoms with Crippen LogP contribution in [0, 0.1) is 5.92 Å². The highest BCUT2D eigenvalue weighted by molar-refractivity contribution is 5.82. The zero-order valence-electron chi connectivity index (χ0n) is 9.82. The molecule has 0 aliphatic carbocycles. The molecule has 0 aromatic carbocycles. The van der Waals surface area contributed by atoms with Gasteiger partial charge in [0.05, 0.1) is 6.04 Å². The molecule has 2 heterocycles. The maximum Gasteiger partial charge on any atom is 0.239 e. The normalized spacial score (nSPS) is 31.4. The summed E-state index contributed by atoms with van der Waals surface area (Å²) in [7, 11) is 0. The molecule has 2 aliphatic heterocycles. The van der Waals surface area contributed by atoms with E-state index >= 15 is 0 Å². The van der Waals surface area contributed by atoms with E-state index in [4.69, 9.17) is 5.11 Å². The van der Waals surface area contributed by atoms with Gasteiger partial charge in [-0.25, -0.2) is 0 Å². The Balaban J connectivity index is 1.87. The third kappa shape index (κ3) is 2.74. The second kappa shape index (κ2) is 5.64. The molecule has 4 heteroatoms. The van der Waals surface area contributed by atoms with Crippen molar-refractivity contribution in [3.63, 3.8) is 0 Å². The fraction of sp³-hybridized carbons (Fsp3) is 0.917. The molecule has 2 rings (SSSR count). The first-order chi connectivity index (χ1) is 7.81. The molecule has 0 aromatic heterocycles. The molecule has 0 saturated carbocycles. The quantitative estimate of drug-likeness (QED) is 0.715. The number of likely N-dealkylation sites (tertiary alicyclic amines) is 1. The number of carbonyl (C=O) groups excluding carboxylic acids is 1. The van der Waals surface area contributed by atoms with Crippen LogP contribution >= 0.6 is 0 Å². The molecule has 4 nitrogen and oxygen atoms in total. The largest absolute Gasteiger partial charge is 0.396 e. The Bertz CT molecular complexity index is 239. The Morgan fingerprint density at radius 2 is 2.19 bits per heavy atom. The first-order valence-corrected chi connectivity index (χ1v) is 6.44. The van der Waals surface area contributed by atoms with E-state index < -0.39 is 0 Å². The Labute approximate surface area is 97.0 Å². The van der Waals surface area contributed by atoms with Crippen molar-refractivity contribution < 1.29 is 9.90 Å². The summed E-state index contributed by atoms with van der Waals surface area (Å²) >= 11 is 0. The van der Waals surface area contributed by atoms with Crippen LogP contribution in [0.3, 0.4) is 0 Å². The van der Waals surface area contributed by atoms with Crippen LogP contribution < -0.4 is 5.32 Å². The average Bonchev–Trinajstić information content (AvgIpc) is 2.39. The van der Waals surface area contributed by atoms with Gasteiger partial charge in [-0.05, 0) is 38.1 Å². The number of aliphatic hydroxyl groups excluding tert-OH is 1. The molecular formula is C12H22N2O2. The Hall–Kier alpha value is -0.610. The highest BCUT2D eigenvalue weighted by Gasteiger charge is 2.29. The van der Waals surface area contributed by atoms with E-state index in [1.165, 1.54) is 6.42 Å². The zero-order valence-corrected chi connectivity index (χ0v) is 9.82. The van der Waals surface area contributed by atoms with Gasteiger partial charge >= 0.3 is 0 Å². The summed E-state index contributed by atoms with van der Waals surface area (Å²) in [5.74, 6) is 0.541. The van der Waals surface area contributed by atoms with E-state index in [0.717, 1.165) is 45.3 Å². The second-order valence-corrected chi connectivity index (χ2v) is 4.98. The van der Waals surface area contributed by atoms with Crippen molar-refractivity contribution >= 4 is 5.91 Å². The van der Waals surface area contributed by atoms with E-state index in [0.29, 0.717) is 5.92 Å². The summed E-state index contributed by atoms with van der Waals surface area (Å²) in [6.45, 7) is 2.79. The lowest BCUT2D eigenvalue weighted by atomic mass is 9.97. The first-order valence-electron chi connectivity index (χ1n) is 6.44. The first kappa shape index (κ1) is 11.9. The lowest BCUT2D eigenvalue weighted by molar-refractivity contribution is -0.136. The number of amides is 1. The van der Waals surface area contributed by atoms with Gasteiger partial charge in [0.1, 0.15) is 0 Å². The SMILES string of the molecule is O=C([C@H]1CCCCN1)N1CCCC(CO)C1. The average molecular weight is 226 g/mol. The lowest BCUT2D eigenvalue weighted by Crippen LogP contribution is -2.51. The van der Waals surface area contributed by atoms with Crippen molar-refractivity contribution in [1.82, 2.24) is 10.2 Å². The molecule has 0 bridgehead atoms. The molecule has 2 saturated heterocycles. The van der Waals surface area contributed by atoms with E-state index in [2.05, 4.69) is 5.32 Å². The Morgan fingerprint density at radius 1 is 1.31 bits per heavy atom. The van der Waals surface area contributed by atoms with Crippen molar-refractivity contribution in [2.45, 2.75) is 38.1 Å². The van der Waals surface area contributed by atoms with Gasteiger partial charge in [0.25, 0.3) is 0 Å². The van der Waals surface area contributed by atoms with Crippen molar-refractivity contribution in [2.75, 3.05) is 26.2 Å². The monoisotopic (exact) mass is 226 g/mol. The van der Waals surface area contributed by atoms with Crippen molar-refractivity contribution in [2.24, 2.45) is 5.92 Å². The molecule has 0 aromatic rings. The fourth-order valence-electron chi connectivity index (χ4n) is 2.70. The van der Waals surface area contributed by atoms with Crippen LogP contribution in [0.5, 0.6) is 0 Å². The number of hydrogen-bond donors (Lipinski definition) is 2. The highest BCUT2D eigenvalue weighted by Crippen LogP contribution is 2.18. The van der Waals surface area contributed by atoms with Gasteiger partial charge < -0.3 is 15.3 Å². The van der Waals surface area contributed by atoms with Crippen molar-refractivity contribution in [1.29, 1.82) is 0 Å². The van der Waals surface area contributed by atoms with Gasteiger partial charge in [0, 0.05) is 19.7 Å². The van der Waals surface area contributed by atoms with Gasteiger partial charge in [-0.1, -0.05) is 6.42 Å². The van der Waals surface area contributed by atoms with Crippen molar-refractivity contribution in [3.8, 4) is 0 Å². The van der Waals surface area contributed by atoms with E-state index in [9.17, 15) is 4.79 Å². The predicted molar refractivity (Wildman–Crippen MR) is 62.0 cm³/mol. The van der Waals surface area contributed by atoms with Crippen LogP contribution in [0.2, 0.25) is 0 Å². The van der Waals surface area contributed by atoms with Crippen LogP contribution in [0.15, 0.2) is 0 Å². The molecule has 92 valence electrons. The summed E-state index contributed by atoms with van der Waals surface area (Å²) in [5, 5.41) is 12.4. The van der Waals surface area contributed by atoms with Gasteiger partial charge in [0.15, 0.2) is 0 Å². The zero-order chi connectivity index (χ0) is 11.4. The minimum atomic E-state index is 0.0335. The van der Waals surface area contributed by atoms with Gasteiger partial charge in [0.2, 0.25) is 5.91 Å². The van der Waals surface area contributed by atoms with Gasteiger partial charge in [-0.3, -0.25) is 4.79 Å². The van der Waals surface area contributed by atoms with Crippen LogP contribution in [-0.2, 0) is 4.79 Å². The molecule has 2 N–H and O–H groups in total. The summed E-state index contributed by atoms with van der Waals surface area (Å²) in [6, 6.07) is 0.0335. The molecule has 0 spiro atoms. The van der Waals surface area contributed by atoms with E-state index in [-0.39, 0.29) is 18.6 Å². The molecule has 2 atom stereocenters. The number of nitrogens with zero attached hydrogens (tertiary/aromatic N) is 1. The number of carbonyl (C=O) groups is 1. The van der Waals surface area contributed by atoms with E-state index in [1.54, 1.807) is 0 Å². The molecule has 1 unspecified atom stereocenters. The summed E-state index contributed by atoms with van der Waals surface area (Å²) in [5.41, 5.74) is 0. The number of hydrogen-bond acceptors (Lipinski definition) is 3. The Kier molecular flexibility index (Phi) is 4.18. The van der Waals surface area contributed by atoms with Crippen LogP contribution in [0.25, 0.3) is 0 Å². The van der Waals surface area contributed by atoms with E-state index in [1.807, 2.05) is 4.90 Å². The smallest absolute Gasteiger partial charge is 0.239 e. The highest BCUT2D eigenvalue weighted by atomic mass is 16.3. The second-order valence-electron chi connectivity index (χ2n) is 4.98. The maximum atomic E-state index is 12.2. The summed E-state index contributed by atoms with van der Waals surface area (Å²) in [4.78, 5) is 14.1. The number of aliphatic hydroxyl groups is 1. The van der Waals surface area contributed by atoms with Crippen LogP contribution in [0.4, 0.5) is 0 Å². The molecule has 16 heavy (non-hydrogen) atoms. The minimum absolute atomic E-state index is 0.0335. The summed E-state index contributed by atoms with van der Waals surface area (Å²) in [6.07, 6.45) is 5.39. The standard InChI is InChI=1S/C12H22N2O2/c15-9-10-4-3-7-14(8-10)12(16)11-5-1-2-6-13-11/h10-11,13,15H,1-9H2/t10?,11-/m1/s1. The Morgan fingerprint density at radius 3 is 2.88 bits per heavy atom. The van der Waals surface area contributed by atoms with Gasteiger partial charge in [-0.15, -0.1) is 0 Å². The minimum Gasteiger partial charge on any atom is -0.396 e. The molecule has 0 radical (unpaired) electrons. The maximum absolute atomic E-state index is 12.2. The summed E-state index contributed by atoms with van der Waals surface area (Å²) < 4.78 is 0. The number of rotatable bonds is 2. The van der Waals surface area contributed by atoms with Crippen molar-refractivity contribution in [3.05, 3.63) is 0 Å². The molecular weight excluding hydrogens is 204 g/mol. The molecule has 1 amide bonds. The third-order valence-electron chi connectivity index (χ3n) is 3.70. The van der Waals surface area contributed by atoms with Gasteiger partial charge in [-0.2, -0.15) is 0 Å². The van der Waals surface area contributed by atoms with Crippen LogP contribution in [-0.4, -0.2) is 48.2 Å². The molecule has 2 aliphatic rings. The number of nitrogens with one attached hydrogen (secondary N) is 1. The third-order valence-corrected chi connectivity index (χ3v) is 3.70. The fourth-order valence-corrected chi connectivity index (χ4v) is 2.70. The topological polar surface area (TPSA) is 52.6 Å².